The van der Waals surface area contributed by atoms with Crippen LogP contribution in [0.1, 0.15) is 35.2 Å². The van der Waals surface area contributed by atoms with Gasteiger partial charge in [0, 0.05) is 6.54 Å². The third-order valence-corrected chi connectivity index (χ3v) is 4.56. The molecule has 1 unspecified atom stereocenters. The molecular formula is C20H25NO3. The molecule has 1 N–H and O–H groups in total. The van der Waals surface area contributed by atoms with Gasteiger partial charge in [-0.2, -0.15) is 0 Å². The van der Waals surface area contributed by atoms with Gasteiger partial charge in [-0.25, -0.2) is 0 Å². The first-order chi connectivity index (χ1) is 11.7. The number of rotatable bonds is 5. The third-order valence-electron chi connectivity index (χ3n) is 4.56. The monoisotopic (exact) mass is 327 g/mol. The molecule has 0 aromatic heterocycles. The van der Waals surface area contributed by atoms with Crippen LogP contribution in [0.3, 0.4) is 0 Å². The van der Waals surface area contributed by atoms with Crippen molar-refractivity contribution in [3.8, 4) is 17.2 Å². The number of hydrogen-bond acceptors (Lipinski definition) is 4. The Morgan fingerprint density at radius 1 is 1.04 bits per heavy atom. The number of hydrogen-bond donors (Lipinski definition) is 1. The standard InChI is InChI=1S/C20H25NO3/c1-5-24-15-6-7-16-14(11-15)8-9-21-20(16)17-12-19(23-4)18(22-3)10-13(17)2/h6-7,10-12,20-21H,5,8-9H2,1-4H3. The molecular weight excluding hydrogens is 302 g/mol. The van der Waals surface area contributed by atoms with E-state index in [1.165, 1.54) is 22.3 Å². The number of methoxy groups -OCH3 is 2. The summed E-state index contributed by atoms with van der Waals surface area (Å²) in [6.07, 6.45) is 1.01. The molecule has 4 nitrogen and oxygen atoms in total. The Hall–Kier alpha value is -2.20. The number of ether oxygens (including phenoxy) is 3. The van der Waals surface area contributed by atoms with E-state index in [0.29, 0.717) is 6.61 Å². The van der Waals surface area contributed by atoms with Crippen molar-refractivity contribution in [3.05, 3.63) is 52.6 Å². The Balaban J connectivity index is 2.03. The van der Waals surface area contributed by atoms with Gasteiger partial charge in [0.2, 0.25) is 0 Å². The molecule has 0 saturated heterocycles. The van der Waals surface area contributed by atoms with Crippen molar-refractivity contribution < 1.29 is 14.2 Å². The normalized spacial score (nSPS) is 16.4. The van der Waals surface area contributed by atoms with E-state index in [1.807, 2.05) is 13.0 Å². The number of benzene rings is 2. The first kappa shape index (κ1) is 16.7. The zero-order valence-corrected chi connectivity index (χ0v) is 14.8. The molecule has 0 bridgehead atoms. The molecule has 4 heteroatoms. The fraction of sp³-hybridized carbons (Fsp3) is 0.400. The van der Waals surface area contributed by atoms with Gasteiger partial charge in [-0.3, -0.25) is 0 Å². The van der Waals surface area contributed by atoms with E-state index < -0.39 is 0 Å². The Kier molecular flexibility index (Phi) is 4.95. The Labute approximate surface area is 143 Å². The highest BCUT2D eigenvalue weighted by molar-refractivity contribution is 5.52. The minimum absolute atomic E-state index is 0.157. The van der Waals surface area contributed by atoms with Crippen molar-refractivity contribution in [2.24, 2.45) is 0 Å². The molecule has 0 amide bonds. The van der Waals surface area contributed by atoms with Gasteiger partial charge in [-0.1, -0.05) is 6.07 Å². The van der Waals surface area contributed by atoms with Crippen LogP contribution < -0.4 is 19.5 Å². The van der Waals surface area contributed by atoms with Crippen molar-refractivity contribution in [1.82, 2.24) is 5.32 Å². The molecule has 0 fully saturated rings. The first-order valence-corrected chi connectivity index (χ1v) is 8.39. The number of fused-ring (bicyclic) bond motifs is 1. The summed E-state index contributed by atoms with van der Waals surface area (Å²) < 4.78 is 16.5. The van der Waals surface area contributed by atoms with Crippen LogP contribution in [0.4, 0.5) is 0 Å². The Bertz CT molecular complexity index is 727. The molecule has 24 heavy (non-hydrogen) atoms. The van der Waals surface area contributed by atoms with E-state index in [1.54, 1.807) is 14.2 Å². The maximum Gasteiger partial charge on any atom is 0.161 e. The van der Waals surface area contributed by atoms with Crippen LogP contribution in [0.25, 0.3) is 0 Å². The molecule has 0 saturated carbocycles. The average Bonchev–Trinajstić information content (AvgIpc) is 2.61. The summed E-state index contributed by atoms with van der Waals surface area (Å²) in [5, 5.41) is 3.64. The highest BCUT2D eigenvalue weighted by atomic mass is 16.5. The lowest BCUT2D eigenvalue weighted by Gasteiger charge is -2.29. The van der Waals surface area contributed by atoms with Gasteiger partial charge in [0.15, 0.2) is 11.5 Å². The Morgan fingerprint density at radius 3 is 2.50 bits per heavy atom. The second-order valence-electron chi connectivity index (χ2n) is 5.99. The highest BCUT2D eigenvalue weighted by Crippen LogP contribution is 2.37. The van der Waals surface area contributed by atoms with E-state index in [4.69, 9.17) is 14.2 Å². The van der Waals surface area contributed by atoms with E-state index in [9.17, 15) is 0 Å². The van der Waals surface area contributed by atoms with E-state index >= 15 is 0 Å². The van der Waals surface area contributed by atoms with Crippen LogP contribution in [-0.2, 0) is 6.42 Å². The van der Waals surface area contributed by atoms with Gasteiger partial charge in [0.25, 0.3) is 0 Å². The van der Waals surface area contributed by atoms with Gasteiger partial charge >= 0.3 is 0 Å². The van der Waals surface area contributed by atoms with Crippen molar-refractivity contribution in [2.45, 2.75) is 26.3 Å². The minimum Gasteiger partial charge on any atom is -0.494 e. The average molecular weight is 327 g/mol. The van der Waals surface area contributed by atoms with E-state index in [2.05, 4.69) is 36.5 Å². The summed E-state index contributed by atoms with van der Waals surface area (Å²) in [6, 6.07) is 10.7. The molecule has 1 atom stereocenters. The van der Waals surface area contributed by atoms with Crippen molar-refractivity contribution in [1.29, 1.82) is 0 Å². The van der Waals surface area contributed by atoms with Crippen LogP contribution >= 0.6 is 0 Å². The summed E-state index contributed by atoms with van der Waals surface area (Å²) in [6.45, 7) is 5.76. The molecule has 3 rings (SSSR count). The van der Waals surface area contributed by atoms with E-state index in [0.717, 1.165) is 30.2 Å². The van der Waals surface area contributed by atoms with Crippen molar-refractivity contribution >= 4 is 0 Å². The van der Waals surface area contributed by atoms with Gasteiger partial charge in [0.1, 0.15) is 5.75 Å². The predicted octanol–water partition coefficient (Wildman–Crippen LogP) is 3.65. The lowest BCUT2D eigenvalue weighted by atomic mass is 9.87. The second-order valence-corrected chi connectivity index (χ2v) is 5.99. The molecule has 128 valence electrons. The van der Waals surface area contributed by atoms with Crippen molar-refractivity contribution in [2.75, 3.05) is 27.4 Å². The lowest BCUT2D eigenvalue weighted by molar-refractivity contribution is 0.339. The fourth-order valence-electron chi connectivity index (χ4n) is 3.38. The third kappa shape index (κ3) is 3.06. The SMILES string of the molecule is CCOc1ccc2c(c1)CCNC2c1cc(OC)c(OC)cc1C. The molecule has 0 aliphatic carbocycles. The van der Waals surface area contributed by atoms with Crippen LogP contribution in [-0.4, -0.2) is 27.4 Å². The maximum absolute atomic E-state index is 5.65. The predicted molar refractivity (Wildman–Crippen MR) is 95.4 cm³/mol. The molecule has 2 aromatic rings. The summed E-state index contributed by atoms with van der Waals surface area (Å²) in [4.78, 5) is 0. The topological polar surface area (TPSA) is 39.7 Å². The minimum atomic E-state index is 0.157. The number of nitrogens with one attached hydrogen (secondary N) is 1. The zero-order chi connectivity index (χ0) is 17.1. The smallest absolute Gasteiger partial charge is 0.161 e. The number of aryl methyl sites for hydroxylation is 1. The van der Waals surface area contributed by atoms with Gasteiger partial charge in [-0.05, 0) is 66.8 Å². The molecule has 1 aliphatic heterocycles. The highest BCUT2D eigenvalue weighted by Gasteiger charge is 2.24. The summed E-state index contributed by atoms with van der Waals surface area (Å²) in [5.74, 6) is 2.47. The first-order valence-electron chi connectivity index (χ1n) is 8.39. The van der Waals surface area contributed by atoms with E-state index in [-0.39, 0.29) is 6.04 Å². The van der Waals surface area contributed by atoms with Crippen LogP contribution in [0.15, 0.2) is 30.3 Å². The lowest BCUT2D eigenvalue weighted by Crippen LogP contribution is -2.31. The Morgan fingerprint density at radius 2 is 1.79 bits per heavy atom. The molecule has 2 aromatic carbocycles. The van der Waals surface area contributed by atoms with Gasteiger partial charge in [-0.15, -0.1) is 0 Å². The van der Waals surface area contributed by atoms with Crippen LogP contribution in [0.5, 0.6) is 17.2 Å². The molecule has 1 aliphatic rings. The van der Waals surface area contributed by atoms with Crippen LogP contribution in [0.2, 0.25) is 0 Å². The summed E-state index contributed by atoms with van der Waals surface area (Å²) in [5.41, 5.74) is 5.06. The van der Waals surface area contributed by atoms with Crippen LogP contribution in [0, 0.1) is 6.92 Å². The molecule has 1 heterocycles. The zero-order valence-electron chi connectivity index (χ0n) is 14.8. The maximum atomic E-state index is 5.65. The molecule has 0 radical (unpaired) electrons. The quantitative estimate of drug-likeness (QED) is 0.910. The largest absolute Gasteiger partial charge is 0.494 e. The summed E-state index contributed by atoms with van der Waals surface area (Å²) in [7, 11) is 3.34. The van der Waals surface area contributed by atoms with Gasteiger partial charge < -0.3 is 19.5 Å². The fourth-order valence-corrected chi connectivity index (χ4v) is 3.38. The van der Waals surface area contributed by atoms with Crippen molar-refractivity contribution in [3.63, 3.8) is 0 Å². The van der Waals surface area contributed by atoms with Gasteiger partial charge in [0.05, 0.1) is 26.9 Å². The second kappa shape index (κ2) is 7.14. The summed E-state index contributed by atoms with van der Waals surface area (Å²) >= 11 is 0. The molecule has 0 spiro atoms.